The monoisotopic (exact) mass is 340 g/mol. The maximum atomic E-state index is 12.3. The fourth-order valence-electron chi connectivity index (χ4n) is 1.82. The van der Waals surface area contributed by atoms with Gasteiger partial charge in [0.05, 0.1) is 9.82 Å². The summed E-state index contributed by atoms with van der Waals surface area (Å²) in [5.74, 6) is 0. The number of rotatable bonds is 5. The number of nitro benzene ring substituents is 1. The third-order valence-electron chi connectivity index (χ3n) is 3.04. The number of halogens is 1. The van der Waals surface area contributed by atoms with Gasteiger partial charge < -0.3 is 0 Å². The van der Waals surface area contributed by atoms with E-state index in [-0.39, 0.29) is 9.92 Å². The normalized spacial score (nSPS) is 11.2. The fraction of sp³-hybridized carbons (Fsp3) is 0.143. The number of benzene rings is 2. The molecule has 0 aliphatic rings. The molecule has 0 saturated carbocycles. The van der Waals surface area contributed by atoms with Gasteiger partial charge in [0.1, 0.15) is 5.02 Å². The first kappa shape index (κ1) is 16.3. The Balaban J connectivity index is 2.33. The van der Waals surface area contributed by atoms with E-state index in [9.17, 15) is 18.5 Å². The van der Waals surface area contributed by atoms with E-state index in [0.717, 1.165) is 18.1 Å². The van der Waals surface area contributed by atoms with Crippen molar-refractivity contribution in [1.29, 1.82) is 0 Å². The van der Waals surface area contributed by atoms with Crippen LogP contribution < -0.4 is 4.72 Å². The first-order valence-corrected chi connectivity index (χ1v) is 8.25. The summed E-state index contributed by atoms with van der Waals surface area (Å²) in [4.78, 5) is 9.89. The van der Waals surface area contributed by atoms with Crippen LogP contribution in [0.15, 0.2) is 47.4 Å². The summed E-state index contributed by atoms with van der Waals surface area (Å²) in [5, 5.41) is 10.7. The van der Waals surface area contributed by atoms with Gasteiger partial charge in [-0.15, -0.1) is 0 Å². The number of anilines is 1. The van der Waals surface area contributed by atoms with Crippen LogP contribution in [-0.2, 0) is 16.4 Å². The number of aryl methyl sites for hydroxylation is 1. The number of nitrogens with zero attached hydrogens (tertiary/aromatic N) is 1. The van der Waals surface area contributed by atoms with E-state index >= 15 is 0 Å². The third kappa shape index (κ3) is 3.55. The zero-order valence-electron chi connectivity index (χ0n) is 11.6. The molecule has 0 aliphatic carbocycles. The first-order chi connectivity index (χ1) is 10.3. The van der Waals surface area contributed by atoms with Gasteiger partial charge in [0.2, 0.25) is 0 Å². The molecule has 22 heavy (non-hydrogen) atoms. The van der Waals surface area contributed by atoms with Crippen LogP contribution in [0.1, 0.15) is 12.5 Å². The van der Waals surface area contributed by atoms with Gasteiger partial charge in [-0.1, -0.05) is 30.7 Å². The first-order valence-electron chi connectivity index (χ1n) is 6.39. The highest BCUT2D eigenvalue weighted by molar-refractivity contribution is 7.92. The molecule has 0 saturated heterocycles. The molecule has 8 heteroatoms. The summed E-state index contributed by atoms with van der Waals surface area (Å²) in [6.07, 6.45) is 0.844. The highest BCUT2D eigenvalue weighted by atomic mass is 35.5. The second kappa shape index (κ2) is 6.33. The second-order valence-corrected chi connectivity index (χ2v) is 6.62. The molecular formula is C14H13ClN2O4S. The molecule has 0 aliphatic heterocycles. The Kier molecular flexibility index (Phi) is 4.68. The highest BCUT2D eigenvalue weighted by Crippen LogP contribution is 2.28. The van der Waals surface area contributed by atoms with Crippen molar-refractivity contribution < 1.29 is 13.3 Å². The molecule has 0 aromatic heterocycles. The molecule has 0 heterocycles. The van der Waals surface area contributed by atoms with Gasteiger partial charge in [-0.3, -0.25) is 14.8 Å². The molecule has 0 fully saturated rings. The smallest absolute Gasteiger partial charge is 0.280 e. The van der Waals surface area contributed by atoms with Gasteiger partial charge in [0.25, 0.3) is 15.7 Å². The van der Waals surface area contributed by atoms with E-state index in [1.54, 1.807) is 12.1 Å². The van der Waals surface area contributed by atoms with Gasteiger partial charge in [0, 0.05) is 11.8 Å². The fourth-order valence-corrected chi connectivity index (χ4v) is 3.09. The Morgan fingerprint density at radius 2 is 1.82 bits per heavy atom. The predicted molar refractivity (Wildman–Crippen MR) is 84.7 cm³/mol. The third-order valence-corrected chi connectivity index (χ3v) is 4.74. The van der Waals surface area contributed by atoms with Crippen LogP contribution in [0.3, 0.4) is 0 Å². The van der Waals surface area contributed by atoms with E-state index in [1.807, 2.05) is 19.1 Å². The van der Waals surface area contributed by atoms with Crippen LogP contribution in [0.5, 0.6) is 0 Å². The number of hydrogen-bond acceptors (Lipinski definition) is 4. The molecule has 0 amide bonds. The van der Waals surface area contributed by atoms with Crippen molar-refractivity contribution in [2.45, 2.75) is 18.2 Å². The SMILES string of the molecule is CCc1ccc(NS(=O)(=O)c2ccc(Cl)c([N+](=O)[O-])c2)cc1. The Hall–Kier alpha value is -2.12. The lowest BCUT2D eigenvalue weighted by atomic mass is 10.2. The lowest BCUT2D eigenvalue weighted by Crippen LogP contribution is -2.13. The van der Waals surface area contributed by atoms with Crippen molar-refractivity contribution in [1.82, 2.24) is 0 Å². The van der Waals surface area contributed by atoms with E-state index in [0.29, 0.717) is 5.69 Å². The molecule has 0 bridgehead atoms. The maximum absolute atomic E-state index is 12.3. The second-order valence-electron chi connectivity index (χ2n) is 4.53. The molecule has 1 N–H and O–H groups in total. The Labute approximate surface area is 132 Å². The van der Waals surface area contributed by atoms with E-state index in [2.05, 4.69) is 4.72 Å². The van der Waals surface area contributed by atoms with Crippen molar-refractivity contribution in [2.75, 3.05) is 4.72 Å². The van der Waals surface area contributed by atoms with Gasteiger partial charge in [0.15, 0.2) is 0 Å². The van der Waals surface area contributed by atoms with Crippen LogP contribution in [0.2, 0.25) is 5.02 Å². The molecule has 2 aromatic rings. The summed E-state index contributed by atoms with van der Waals surface area (Å²) >= 11 is 5.68. The summed E-state index contributed by atoms with van der Waals surface area (Å²) in [6.45, 7) is 1.99. The zero-order chi connectivity index (χ0) is 16.3. The topological polar surface area (TPSA) is 89.3 Å². The molecule has 0 unspecified atom stereocenters. The van der Waals surface area contributed by atoms with E-state index in [4.69, 9.17) is 11.6 Å². The molecule has 2 aromatic carbocycles. The van der Waals surface area contributed by atoms with Crippen molar-refractivity contribution in [3.8, 4) is 0 Å². The van der Waals surface area contributed by atoms with Gasteiger partial charge in [-0.2, -0.15) is 0 Å². The minimum atomic E-state index is -3.92. The highest BCUT2D eigenvalue weighted by Gasteiger charge is 2.20. The molecule has 0 radical (unpaired) electrons. The van der Waals surface area contributed by atoms with Gasteiger partial charge in [-0.25, -0.2) is 8.42 Å². The maximum Gasteiger partial charge on any atom is 0.289 e. The summed E-state index contributed by atoms with van der Waals surface area (Å²) in [5.41, 5.74) is 1.01. The van der Waals surface area contributed by atoms with Crippen molar-refractivity contribution >= 4 is 33.0 Å². The quantitative estimate of drug-likeness (QED) is 0.665. The Morgan fingerprint density at radius 3 is 2.36 bits per heavy atom. The standard InChI is InChI=1S/C14H13ClN2O4S/c1-2-10-3-5-11(6-4-10)16-22(20,21)12-7-8-13(15)14(9-12)17(18)19/h3-9,16H,2H2,1H3. The predicted octanol–water partition coefficient (Wildman–Crippen LogP) is 3.61. The molecule has 116 valence electrons. The van der Waals surface area contributed by atoms with Crippen molar-refractivity contribution in [3.63, 3.8) is 0 Å². The van der Waals surface area contributed by atoms with E-state index < -0.39 is 20.6 Å². The van der Waals surface area contributed by atoms with Crippen LogP contribution in [0.25, 0.3) is 0 Å². The molecule has 2 rings (SSSR count). The Morgan fingerprint density at radius 1 is 1.18 bits per heavy atom. The van der Waals surface area contributed by atoms with Crippen molar-refractivity contribution in [2.24, 2.45) is 0 Å². The average Bonchev–Trinajstić information content (AvgIpc) is 2.47. The van der Waals surface area contributed by atoms with Gasteiger partial charge in [-0.05, 0) is 36.2 Å². The summed E-state index contributed by atoms with van der Waals surface area (Å²) in [6, 6.07) is 10.2. The minimum Gasteiger partial charge on any atom is -0.280 e. The largest absolute Gasteiger partial charge is 0.289 e. The summed E-state index contributed by atoms with van der Waals surface area (Å²) < 4.78 is 26.9. The number of nitrogens with one attached hydrogen (secondary N) is 1. The zero-order valence-corrected chi connectivity index (χ0v) is 13.2. The Bertz CT molecular complexity index is 804. The molecule has 0 atom stereocenters. The number of nitro groups is 1. The lowest BCUT2D eigenvalue weighted by Gasteiger charge is -2.09. The molecular weight excluding hydrogens is 328 g/mol. The van der Waals surface area contributed by atoms with Crippen molar-refractivity contribution in [3.05, 3.63) is 63.2 Å². The van der Waals surface area contributed by atoms with Crippen LogP contribution >= 0.6 is 11.6 Å². The summed E-state index contributed by atoms with van der Waals surface area (Å²) in [7, 11) is -3.92. The number of sulfonamides is 1. The van der Waals surface area contributed by atoms with Crippen LogP contribution in [0.4, 0.5) is 11.4 Å². The minimum absolute atomic E-state index is 0.115. The van der Waals surface area contributed by atoms with Crippen LogP contribution in [0, 0.1) is 10.1 Å². The van der Waals surface area contributed by atoms with E-state index in [1.165, 1.54) is 12.1 Å². The lowest BCUT2D eigenvalue weighted by molar-refractivity contribution is -0.384. The van der Waals surface area contributed by atoms with Crippen LogP contribution in [-0.4, -0.2) is 13.3 Å². The number of hydrogen-bond donors (Lipinski definition) is 1. The average molecular weight is 341 g/mol. The molecule has 0 spiro atoms. The van der Waals surface area contributed by atoms with Gasteiger partial charge >= 0.3 is 0 Å². The molecule has 6 nitrogen and oxygen atoms in total.